The minimum Gasteiger partial charge on any atom is -0.364 e. The molecule has 0 N–H and O–H groups in total. The minimum atomic E-state index is -0.225. The molecule has 5 nitrogen and oxygen atoms in total. The predicted molar refractivity (Wildman–Crippen MR) is 125 cm³/mol. The smallest absolute Gasteiger partial charge is 0.282 e. The van der Waals surface area contributed by atoms with Gasteiger partial charge in [0.2, 0.25) is 0 Å². The summed E-state index contributed by atoms with van der Waals surface area (Å²) < 4.78 is 0. The number of carbonyl (C=O) groups is 2. The molecule has 2 aromatic carbocycles. The first kappa shape index (κ1) is 21.3. The van der Waals surface area contributed by atoms with Crippen molar-refractivity contribution in [3.05, 3.63) is 69.9 Å². The van der Waals surface area contributed by atoms with Gasteiger partial charge < -0.3 is 9.80 Å². The van der Waals surface area contributed by atoms with E-state index in [0.29, 0.717) is 17.0 Å². The summed E-state index contributed by atoms with van der Waals surface area (Å²) in [6.07, 6.45) is 0. The fourth-order valence-electron chi connectivity index (χ4n) is 4.71. The molecule has 0 unspecified atom stereocenters. The number of piperazine rings is 1. The Balaban J connectivity index is 1.83. The number of amides is 2. The van der Waals surface area contributed by atoms with E-state index in [1.807, 2.05) is 58.0 Å². The van der Waals surface area contributed by atoms with E-state index >= 15 is 0 Å². The van der Waals surface area contributed by atoms with Crippen molar-refractivity contribution in [2.24, 2.45) is 0 Å². The largest absolute Gasteiger partial charge is 0.364 e. The van der Waals surface area contributed by atoms with Crippen LogP contribution in [0.15, 0.2) is 42.1 Å². The molecule has 0 bridgehead atoms. The van der Waals surface area contributed by atoms with Crippen LogP contribution in [0.3, 0.4) is 0 Å². The summed E-state index contributed by atoms with van der Waals surface area (Å²) in [5.74, 6) is -0.436. The molecule has 162 valence electrons. The molecule has 0 radical (unpaired) electrons. The second-order valence-corrected chi connectivity index (χ2v) is 8.70. The number of rotatable bonds is 4. The highest BCUT2D eigenvalue weighted by molar-refractivity contribution is 6.45. The molecule has 2 aliphatic heterocycles. The highest BCUT2D eigenvalue weighted by Crippen LogP contribution is 2.37. The maximum absolute atomic E-state index is 13.8. The van der Waals surface area contributed by atoms with Crippen LogP contribution in [0.25, 0.3) is 5.57 Å². The highest BCUT2D eigenvalue weighted by Gasteiger charge is 2.43. The van der Waals surface area contributed by atoms with Gasteiger partial charge >= 0.3 is 0 Å². The Morgan fingerprint density at radius 3 is 1.97 bits per heavy atom. The van der Waals surface area contributed by atoms with Crippen LogP contribution in [0.5, 0.6) is 0 Å². The van der Waals surface area contributed by atoms with E-state index in [1.165, 1.54) is 4.90 Å². The van der Waals surface area contributed by atoms with Gasteiger partial charge in [0, 0.05) is 26.2 Å². The van der Waals surface area contributed by atoms with E-state index in [9.17, 15) is 9.59 Å². The molecule has 2 aliphatic rings. The number of anilines is 1. The molecular weight excluding hydrogens is 386 g/mol. The summed E-state index contributed by atoms with van der Waals surface area (Å²) in [7, 11) is 0. The van der Waals surface area contributed by atoms with Crippen molar-refractivity contribution < 1.29 is 9.59 Å². The maximum atomic E-state index is 13.8. The number of carbonyl (C=O) groups excluding carboxylic acids is 2. The molecule has 5 heteroatoms. The molecule has 0 saturated carbocycles. The Kier molecular flexibility index (Phi) is 5.71. The molecule has 1 saturated heterocycles. The van der Waals surface area contributed by atoms with Crippen LogP contribution in [0.4, 0.5) is 5.69 Å². The van der Waals surface area contributed by atoms with Crippen LogP contribution in [0.1, 0.15) is 34.7 Å². The molecule has 0 spiro atoms. The maximum Gasteiger partial charge on any atom is 0.282 e. The van der Waals surface area contributed by atoms with E-state index in [4.69, 9.17) is 0 Å². The van der Waals surface area contributed by atoms with Gasteiger partial charge in [0.25, 0.3) is 11.8 Å². The topological polar surface area (TPSA) is 43.9 Å². The van der Waals surface area contributed by atoms with Gasteiger partial charge in [-0.3, -0.25) is 9.59 Å². The Morgan fingerprint density at radius 2 is 1.39 bits per heavy atom. The van der Waals surface area contributed by atoms with Gasteiger partial charge in [-0.05, 0) is 57.0 Å². The third-order valence-corrected chi connectivity index (χ3v) is 6.44. The van der Waals surface area contributed by atoms with E-state index in [0.717, 1.165) is 60.5 Å². The van der Waals surface area contributed by atoms with E-state index in [1.54, 1.807) is 0 Å². The van der Waals surface area contributed by atoms with Crippen molar-refractivity contribution in [3.63, 3.8) is 0 Å². The standard InChI is InChI=1S/C26H31N3O2/c1-6-27-11-13-28(14-12-27)24-23(21-9-7-17(2)15-19(21)4)25(30)29(26(24)31)22-10-8-18(3)16-20(22)5/h7-10,15-16H,6,11-14H2,1-5H3. The van der Waals surface area contributed by atoms with Crippen LogP contribution in [0.2, 0.25) is 0 Å². The van der Waals surface area contributed by atoms with Crippen molar-refractivity contribution >= 4 is 23.1 Å². The van der Waals surface area contributed by atoms with Crippen LogP contribution in [-0.4, -0.2) is 54.3 Å². The molecule has 0 aromatic heterocycles. The zero-order chi connectivity index (χ0) is 22.3. The molecule has 4 rings (SSSR count). The molecular formula is C26H31N3O2. The molecule has 31 heavy (non-hydrogen) atoms. The van der Waals surface area contributed by atoms with Crippen LogP contribution < -0.4 is 4.90 Å². The lowest BCUT2D eigenvalue weighted by Gasteiger charge is -2.36. The van der Waals surface area contributed by atoms with Gasteiger partial charge in [-0.25, -0.2) is 4.90 Å². The number of hydrogen-bond donors (Lipinski definition) is 0. The van der Waals surface area contributed by atoms with Crippen molar-refractivity contribution in [2.75, 3.05) is 37.6 Å². The second-order valence-electron chi connectivity index (χ2n) is 8.70. The van der Waals surface area contributed by atoms with Crippen molar-refractivity contribution in [1.29, 1.82) is 0 Å². The zero-order valence-corrected chi connectivity index (χ0v) is 19.2. The molecule has 0 aliphatic carbocycles. The average Bonchev–Trinajstić information content (AvgIpc) is 2.99. The summed E-state index contributed by atoms with van der Waals surface area (Å²) in [6.45, 7) is 14.5. The van der Waals surface area contributed by atoms with Gasteiger partial charge in [-0.15, -0.1) is 0 Å². The lowest BCUT2D eigenvalue weighted by molar-refractivity contribution is -0.120. The normalized spacial score (nSPS) is 17.8. The predicted octanol–water partition coefficient (Wildman–Crippen LogP) is 3.84. The summed E-state index contributed by atoms with van der Waals surface area (Å²) in [5.41, 5.74) is 6.80. The average molecular weight is 418 g/mol. The summed E-state index contributed by atoms with van der Waals surface area (Å²) in [4.78, 5) is 33.4. The van der Waals surface area contributed by atoms with Crippen molar-refractivity contribution in [2.45, 2.75) is 34.6 Å². The number of aryl methyl sites for hydroxylation is 4. The first-order chi connectivity index (χ1) is 14.8. The third kappa shape index (κ3) is 3.79. The Bertz CT molecular complexity index is 1080. The minimum absolute atomic E-state index is 0.211. The molecule has 2 heterocycles. The Labute approximate surface area is 184 Å². The van der Waals surface area contributed by atoms with Gasteiger partial charge in [-0.2, -0.15) is 0 Å². The monoisotopic (exact) mass is 417 g/mol. The van der Waals surface area contributed by atoms with Crippen molar-refractivity contribution in [3.8, 4) is 0 Å². The molecule has 0 atom stereocenters. The quantitative estimate of drug-likeness (QED) is 0.709. The lowest BCUT2D eigenvalue weighted by Crippen LogP contribution is -2.47. The van der Waals surface area contributed by atoms with Crippen molar-refractivity contribution in [1.82, 2.24) is 9.80 Å². The van der Waals surface area contributed by atoms with Crippen LogP contribution >= 0.6 is 0 Å². The number of hydrogen-bond acceptors (Lipinski definition) is 4. The van der Waals surface area contributed by atoms with E-state index < -0.39 is 0 Å². The zero-order valence-electron chi connectivity index (χ0n) is 19.2. The van der Waals surface area contributed by atoms with Gasteiger partial charge in [0.1, 0.15) is 5.70 Å². The Hall–Kier alpha value is -2.92. The van der Waals surface area contributed by atoms with E-state index in [2.05, 4.69) is 22.8 Å². The molecule has 2 aromatic rings. The number of benzene rings is 2. The summed E-state index contributed by atoms with van der Waals surface area (Å²) in [6, 6.07) is 11.9. The van der Waals surface area contributed by atoms with E-state index in [-0.39, 0.29) is 11.8 Å². The fourth-order valence-corrected chi connectivity index (χ4v) is 4.71. The van der Waals surface area contributed by atoms with Gasteiger partial charge in [0.05, 0.1) is 11.3 Å². The number of imide groups is 1. The third-order valence-electron chi connectivity index (χ3n) is 6.44. The van der Waals surface area contributed by atoms with Crippen LogP contribution in [-0.2, 0) is 9.59 Å². The molecule has 1 fully saturated rings. The SMILES string of the molecule is CCN1CCN(C2=C(c3ccc(C)cc3C)C(=O)N(c3ccc(C)cc3C)C2=O)CC1. The van der Waals surface area contributed by atoms with Crippen LogP contribution in [0, 0.1) is 27.7 Å². The first-order valence-corrected chi connectivity index (χ1v) is 11.1. The molecule has 2 amide bonds. The first-order valence-electron chi connectivity index (χ1n) is 11.1. The lowest BCUT2D eigenvalue weighted by atomic mass is 9.97. The number of nitrogens with zero attached hydrogens (tertiary/aromatic N) is 3. The Morgan fingerprint density at radius 1 is 0.774 bits per heavy atom. The second kappa shape index (κ2) is 8.31. The summed E-state index contributed by atoms with van der Waals surface area (Å²) >= 11 is 0. The van der Waals surface area contributed by atoms with Gasteiger partial charge in [-0.1, -0.05) is 48.4 Å². The fraction of sp³-hybridized carbons (Fsp3) is 0.385. The number of likely N-dealkylation sites (N-methyl/N-ethyl adjacent to an activating group) is 1. The van der Waals surface area contributed by atoms with Gasteiger partial charge in [0.15, 0.2) is 0 Å². The summed E-state index contributed by atoms with van der Waals surface area (Å²) in [5, 5.41) is 0. The highest BCUT2D eigenvalue weighted by atomic mass is 16.2.